The second kappa shape index (κ2) is 8.43. The molecule has 0 aromatic rings. The number of rotatable bonds is 4. The molecule has 2 rings (SSSR count). The Bertz CT molecular complexity index is 612. The zero-order chi connectivity index (χ0) is 21.2. The van der Waals surface area contributed by atoms with E-state index in [0.29, 0.717) is 31.7 Å². The van der Waals surface area contributed by atoms with Crippen LogP contribution in [0.1, 0.15) is 48.5 Å². The average molecular weight is 395 g/mol. The van der Waals surface area contributed by atoms with E-state index in [2.05, 4.69) is 4.99 Å². The number of morpholine rings is 1. The first-order chi connectivity index (χ1) is 12.8. The molecule has 9 heteroatoms. The van der Waals surface area contributed by atoms with Crippen molar-refractivity contribution in [3.05, 3.63) is 11.7 Å². The van der Waals surface area contributed by atoms with E-state index < -0.39 is 23.9 Å². The number of carbonyl (C=O) groups is 1. The van der Waals surface area contributed by atoms with E-state index in [4.69, 9.17) is 24.5 Å². The highest BCUT2D eigenvalue weighted by molar-refractivity contribution is 6.60. The average Bonchev–Trinajstić information content (AvgIpc) is 2.78. The first-order valence-electron chi connectivity index (χ1n) is 9.71. The fourth-order valence-electron chi connectivity index (χ4n) is 2.76. The maximum absolute atomic E-state index is 12.2. The molecule has 2 aliphatic heterocycles. The number of allylic oxidation sites excluding steroid dienone is 1. The maximum atomic E-state index is 12.2. The lowest BCUT2D eigenvalue weighted by atomic mass is 9.79. The van der Waals surface area contributed by atoms with Gasteiger partial charge in [-0.1, -0.05) is 0 Å². The molecule has 158 valence electrons. The molecule has 2 N–H and O–H groups in total. The van der Waals surface area contributed by atoms with Crippen molar-refractivity contribution in [3.63, 3.8) is 0 Å². The van der Waals surface area contributed by atoms with Gasteiger partial charge in [-0.3, -0.25) is 4.99 Å². The summed E-state index contributed by atoms with van der Waals surface area (Å²) in [5.74, 6) is 0. The highest BCUT2D eigenvalue weighted by Gasteiger charge is 2.52. The monoisotopic (exact) mass is 395 g/mol. The van der Waals surface area contributed by atoms with Crippen molar-refractivity contribution in [1.82, 2.24) is 4.90 Å². The normalized spacial score (nSPS) is 25.4. The van der Waals surface area contributed by atoms with Gasteiger partial charge in [-0.05, 0) is 54.7 Å². The van der Waals surface area contributed by atoms with Gasteiger partial charge in [0.2, 0.25) is 0 Å². The molecule has 28 heavy (non-hydrogen) atoms. The van der Waals surface area contributed by atoms with Gasteiger partial charge in [-0.15, -0.1) is 0 Å². The number of aliphatic imine (C=N–C) groups is 1. The number of ether oxygens (including phenoxy) is 2. The molecule has 2 saturated heterocycles. The van der Waals surface area contributed by atoms with E-state index in [1.54, 1.807) is 11.1 Å². The SMILES string of the molecule is CC(C)(C)OC(=O)N1CCOC(CN=C/C(=C\N)B2OC(C)(C)C(C)(C)O2)C1. The lowest BCUT2D eigenvalue weighted by molar-refractivity contribution is -0.0382. The lowest BCUT2D eigenvalue weighted by Crippen LogP contribution is -2.48. The van der Waals surface area contributed by atoms with Crippen LogP contribution in [-0.2, 0) is 18.8 Å². The number of nitrogens with two attached hydrogens (primary N) is 1. The van der Waals surface area contributed by atoms with Crippen LogP contribution in [0.4, 0.5) is 4.79 Å². The molecular formula is C19H34BN3O5. The smallest absolute Gasteiger partial charge is 0.444 e. The molecule has 8 nitrogen and oxygen atoms in total. The Morgan fingerprint density at radius 2 is 1.89 bits per heavy atom. The Hall–Kier alpha value is -1.58. The van der Waals surface area contributed by atoms with E-state index in [9.17, 15) is 4.79 Å². The van der Waals surface area contributed by atoms with Gasteiger partial charge in [0, 0.05) is 18.2 Å². The quantitative estimate of drug-likeness (QED) is 0.579. The summed E-state index contributed by atoms with van der Waals surface area (Å²) in [6, 6.07) is 0. The Balaban J connectivity index is 1.90. The summed E-state index contributed by atoms with van der Waals surface area (Å²) in [5, 5.41) is 0. The number of hydrogen-bond donors (Lipinski definition) is 1. The first kappa shape index (κ1) is 22.7. The van der Waals surface area contributed by atoms with Gasteiger partial charge >= 0.3 is 13.2 Å². The van der Waals surface area contributed by atoms with Crippen LogP contribution in [0, 0.1) is 0 Å². The zero-order valence-corrected chi connectivity index (χ0v) is 18.2. The zero-order valence-electron chi connectivity index (χ0n) is 18.2. The topological polar surface area (TPSA) is 95.6 Å². The van der Waals surface area contributed by atoms with Crippen LogP contribution in [0.15, 0.2) is 16.7 Å². The van der Waals surface area contributed by atoms with Gasteiger partial charge in [-0.25, -0.2) is 4.79 Å². The Morgan fingerprint density at radius 1 is 1.29 bits per heavy atom. The predicted octanol–water partition coefficient (Wildman–Crippen LogP) is 2.17. The van der Waals surface area contributed by atoms with Crippen LogP contribution in [0.2, 0.25) is 0 Å². The Morgan fingerprint density at radius 3 is 2.43 bits per heavy atom. The van der Waals surface area contributed by atoms with Crippen LogP contribution in [0.3, 0.4) is 0 Å². The molecule has 2 fully saturated rings. The molecule has 1 unspecified atom stereocenters. The first-order valence-corrected chi connectivity index (χ1v) is 9.71. The molecular weight excluding hydrogens is 361 g/mol. The van der Waals surface area contributed by atoms with E-state index in [0.717, 1.165) is 0 Å². The van der Waals surface area contributed by atoms with Crippen LogP contribution in [0.5, 0.6) is 0 Å². The molecule has 0 bridgehead atoms. The minimum Gasteiger partial charge on any atom is -0.444 e. The summed E-state index contributed by atoms with van der Waals surface area (Å²) in [7, 11) is -0.565. The molecule has 0 aromatic carbocycles. The summed E-state index contributed by atoms with van der Waals surface area (Å²) in [5.41, 5.74) is 5.00. The van der Waals surface area contributed by atoms with Crippen molar-refractivity contribution in [2.75, 3.05) is 26.2 Å². The third-order valence-corrected chi connectivity index (χ3v) is 5.06. The Labute approximate surface area is 168 Å². The largest absolute Gasteiger partial charge is 0.497 e. The predicted molar refractivity (Wildman–Crippen MR) is 109 cm³/mol. The number of amides is 1. The van der Waals surface area contributed by atoms with E-state index in [1.165, 1.54) is 6.20 Å². The van der Waals surface area contributed by atoms with E-state index in [-0.39, 0.29) is 12.2 Å². The minimum atomic E-state index is -0.565. The molecule has 0 aliphatic carbocycles. The van der Waals surface area contributed by atoms with Crippen LogP contribution in [-0.4, -0.2) is 73.5 Å². The highest BCUT2D eigenvalue weighted by atomic mass is 16.7. The maximum Gasteiger partial charge on any atom is 0.497 e. The molecule has 0 aromatic heterocycles. The minimum absolute atomic E-state index is 0.199. The van der Waals surface area contributed by atoms with Crippen molar-refractivity contribution >= 4 is 19.4 Å². The van der Waals surface area contributed by atoms with Crippen LogP contribution in [0.25, 0.3) is 0 Å². The molecule has 0 spiro atoms. The van der Waals surface area contributed by atoms with Crippen LogP contribution >= 0.6 is 0 Å². The molecule has 2 aliphatic rings. The van der Waals surface area contributed by atoms with Gasteiger partial charge in [0.1, 0.15) is 5.60 Å². The number of carbonyl (C=O) groups excluding carboxylic acids is 1. The molecule has 1 atom stereocenters. The second-order valence-corrected chi connectivity index (χ2v) is 9.17. The molecule has 0 saturated carbocycles. The van der Waals surface area contributed by atoms with Crippen molar-refractivity contribution < 1.29 is 23.6 Å². The standard InChI is InChI=1S/C19H34BN3O5/c1-17(2,3)26-16(24)23-8-9-25-15(13-23)12-22-11-14(10-21)20-27-18(4,5)19(6,7)28-20/h10-11,15H,8-9,12-13,21H2,1-7H3/b14-10+,22-11?. The van der Waals surface area contributed by atoms with Gasteiger partial charge in [0.05, 0.1) is 37.0 Å². The Kier molecular flexibility index (Phi) is 6.84. The number of nitrogens with zero attached hydrogens (tertiary/aromatic N) is 2. The number of hydrogen-bond acceptors (Lipinski definition) is 7. The fraction of sp³-hybridized carbons (Fsp3) is 0.789. The summed E-state index contributed by atoms with van der Waals surface area (Å²) in [4.78, 5) is 18.3. The van der Waals surface area contributed by atoms with E-state index >= 15 is 0 Å². The molecule has 2 heterocycles. The summed E-state index contributed by atoms with van der Waals surface area (Å²) >= 11 is 0. The summed E-state index contributed by atoms with van der Waals surface area (Å²) in [6.45, 7) is 15.3. The van der Waals surface area contributed by atoms with Crippen molar-refractivity contribution in [1.29, 1.82) is 0 Å². The van der Waals surface area contributed by atoms with Crippen molar-refractivity contribution in [2.24, 2.45) is 10.7 Å². The molecule has 1 amide bonds. The van der Waals surface area contributed by atoms with Gasteiger partial charge in [0.25, 0.3) is 0 Å². The van der Waals surface area contributed by atoms with Crippen molar-refractivity contribution in [3.8, 4) is 0 Å². The highest BCUT2D eigenvalue weighted by Crippen LogP contribution is 2.38. The fourth-order valence-corrected chi connectivity index (χ4v) is 2.76. The molecule has 0 radical (unpaired) electrons. The van der Waals surface area contributed by atoms with Gasteiger partial charge in [-0.2, -0.15) is 0 Å². The van der Waals surface area contributed by atoms with Gasteiger partial charge < -0.3 is 29.4 Å². The summed E-state index contributed by atoms with van der Waals surface area (Å²) < 4.78 is 23.1. The van der Waals surface area contributed by atoms with Crippen molar-refractivity contribution in [2.45, 2.75) is 71.4 Å². The summed E-state index contributed by atoms with van der Waals surface area (Å²) in [6.07, 6.45) is 2.57. The van der Waals surface area contributed by atoms with Gasteiger partial charge in [0.15, 0.2) is 0 Å². The third-order valence-electron chi connectivity index (χ3n) is 5.06. The van der Waals surface area contributed by atoms with E-state index in [1.807, 2.05) is 48.5 Å². The second-order valence-electron chi connectivity index (χ2n) is 9.17. The lowest BCUT2D eigenvalue weighted by Gasteiger charge is -2.33. The van der Waals surface area contributed by atoms with Crippen LogP contribution < -0.4 is 5.73 Å². The third kappa shape index (κ3) is 5.72.